The summed E-state index contributed by atoms with van der Waals surface area (Å²) in [5, 5.41) is 4.68. The zero-order valence-electron chi connectivity index (χ0n) is 6.88. The van der Waals surface area contributed by atoms with Crippen molar-refractivity contribution in [1.82, 2.24) is 4.98 Å². The first-order valence-electron chi connectivity index (χ1n) is 3.34. The van der Waals surface area contributed by atoms with Gasteiger partial charge in [-0.3, -0.25) is 0 Å². The van der Waals surface area contributed by atoms with Crippen molar-refractivity contribution < 1.29 is 0 Å². The average Bonchev–Trinajstić information content (AvgIpc) is 2.28. The number of hydrazone groups is 1. The quantitative estimate of drug-likeness (QED) is 0.393. The smallest absolute Gasteiger partial charge is 0.0904 e. The molecule has 0 bridgehead atoms. The monoisotopic (exact) mass is 169 g/mol. The molecule has 11 heavy (non-hydrogen) atoms. The third kappa shape index (κ3) is 1.57. The number of thiazole rings is 1. The first kappa shape index (κ1) is 8.20. The molecule has 1 aromatic rings. The zero-order valence-corrected chi connectivity index (χ0v) is 7.70. The van der Waals surface area contributed by atoms with Gasteiger partial charge in [0.25, 0.3) is 0 Å². The molecule has 1 rings (SSSR count). The maximum absolute atomic E-state index is 5.15. The van der Waals surface area contributed by atoms with Crippen LogP contribution in [-0.2, 0) is 0 Å². The zero-order chi connectivity index (χ0) is 8.43. The minimum atomic E-state index is 0.855. The van der Waals surface area contributed by atoms with Gasteiger partial charge >= 0.3 is 0 Å². The molecule has 0 aliphatic rings. The van der Waals surface area contributed by atoms with E-state index in [-0.39, 0.29) is 0 Å². The summed E-state index contributed by atoms with van der Waals surface area (Å²) in [4.78, 5) is 5.35. The van der Waals surface area contributed by atoms with E-state index in [1.165, 1.54) is 0 Å². The van der Waals surface area contributed by atoms with Crippen molar-refractivity contribution in [2.45, 2.75) is 20.8 Å². The molecule has 2 N–H and O–H groups in total. The van der Waals surface area contributed by atoms with Crippen molar-refractivity contribution in [2.24, 2.45) is 10.9 Å². The maximum atomic E-state index is 5.15. The Hall–Kier alpha value is -0.900. The predicted molar refractivity (Wildman–Crippen MR) is 48.0 cm³/mol. The molecule has 0 aromatic carbocycles. The van der Waals surface area contributed by atoms with E-state index in [9.17, 15) is 0 Å². The predicted octanol–water partition coefficient (Wildman–Crippen LogP) is 1.44. The van der Waals surface area contributed by atoms with Gasteiger partial charge in [0, 0.05) is 0 Å². The number of aryl methyl sites for hydroxylation is 2. The number of hydrogen-bond donors (Lipinski definition) is 1. The molecule has 0 saturated carbocycles. The van der Waals surface area contributed by atoms with Gasteiger partial charge in [-0.1, -0.05) is 0 Å². The average molecular weight is 169 g/mol. The Morgan fingerprint density at radius 2 is 2.18 bits per heavy atom. The van der Waals surface area contributed by atoms with Crippen LogP contribution >= 0.6 is 11.3 Å². The van der Waals surface area contributed by atoms with Crippen molar-refractivity contribution in [2.75, 3.05) is 0 Å². The molecule has 0 unspecified atom stereocenters. The lowest BCUT2D eigenvalue weighted by Gasteiger charge is -1.92. The lowest BCUT2D eigenvalue weighted by atomic mass is 10.3. The van der Waals surface area contributed by atoms with Gasteiger partial charge in [0.05, 0.1) is 21.3 Å². The number of aromatic nitrogens is 1. The molecule has 0 spiro atoms. The van der Waals surface area contributed by atoms with Crippen molar-refractivity contribution >= 4 is 17.0 Å². The van der Waals surface area contributed by atoms with Crippen molar-refractivity contribution in [3.8, 4) is 0 Å². The van der Waals surface area contributed by atoms with E-state index in [2.05, 4.69) is 10.1 Å². The molecule has 0 aliphatic carbocycles. The summed E-state index contributed by atoms with van der Waals surface area (Å²) in [7, 11) is 0. The van der Waals surface area contributed by atoms with Crippen molar-refractivity contribution in [3.05, 3.63) is 15.6 Å². The summed E-state index contributed by atoms with van der Waals surface area (Å²) < 4.78 is 0. The lowest BCUT2D eigenvalue weighted by molar-refractivity contribution is 1.18. The Bertz CT molecular complexity index is 288. The van der Waals surface area contributed by atoms with Crippen LogP contribution in [0.25, 0.3) is 0 Å². The molecule has 0 radical (unpaired) electrons. The molecule has 60 valence electrons. The summed E-state index contributed by atoms with van der Waals surface area (Å²) in [5.74, 6) is 5.15. The van der Waals surface area contributed by atoms with Gasteiger partial charge in [0.1, 0.15) is 0 Å². The van der Waals surface area contributed by atoms with E-state index >= 15 is 0 Å². The van der Waals surface area contributed by atoms with Gasteiger partial charge in [-0.25, -0.2) is 4.98 Å². The standard InChI is InChI=1S/C7H11N3S/c1-4-7(5(2)10-8)11-6(3)9-4/h8H2,1-3H3/b10-5+. The number of nitrogens with two attached hydrogens (primary N) is 1. The van der Waals surface area contributed by atoms with E-state index in [4.69, 9.17) is 5.84 Å². The third-order valence-corrected chi connectivity index (χ3v) is 2.61. The molecule has 1 aromatic heterocycles. The van der Waals surface area contributed by atoms with Crippen LogP contribution in [0.3, 0.4) is 0 Å². The van der Waals surface area contributed by atoms with Crippen LogP contribution in [0.2, 0.25) is 0 Å². The molecule has 0 saturated heterocycles. The second-order valence-electron chi connectivity index (χ2n) is 2.36. The van der Waals surface area contributed by atoms with E-state index < -0.39 is 0 Å². The second-order valence-corrected chi connectivity index (χ2v) is 3.57. The van der Waals surface area contributed by atoms with Gasteiger partial charge in [0.15, 0.2) is 0 Å². The number of nitrogens with zero attached hydrogens (tertiary/aromatic N) is 2. The summed E-state index contributed by atoms with van der Waals surface area (Å²) in [5.41, 5.74) is 1.87. The van der Waals surface area contributed by atoms with Crippen LogP contribution in [0.1, 0.15) is 22.5 Å². The molecule has 0 fully saturated rings. The third-order valence-electron chi connectivity index (χ3n) is 1.43. The summed E-state index contributed by atoms with van der Waals surface area (Å²) >= 11 is 1.63. The fraction of sp³-hybridized carbons (Fsp3) is 0.429. The molecule has 0 aliphatic heterocycles. The van der Waals surface area contributed by atoms with Crippen molar-refractivity contribution in [1.29, 1.82) is 0 Å². The highest BCUT2D eigenvalue weighted by Gasteiger charge is 2.06. The Balaban J connectivity index is 3.13. The normalized spacial score (nSPS) is 12.1. The van der Waals surface area contributed by atoms with E-state index in [1.807, 2.05) is 20.8 Å². The minimum Gasteiger partial charge on any atom is -0.323 e. The second kappa shape index (κ2) is 3.00. The molecule has 1 heterocycles. The van der Waals surface area contributed by atoms with Gasteiger partial charge < -0.3 is 5.84 Å². The maximum Gasteiger partial charge on any atom is 0.0904 e. The SMILES string of the molecule is C/C(=N\N)c1sc(C)nc1C. The Morgan fingerprint density at radius 3 is 2.55 bits per heavy atom. The number of rotatable bonds is 1. The van der Waals surface area contributed by atoms with Crippen molar-refractivity contribution in [3.63, 3.8) is 0 Å². The Morgan fingerprint density at radius 1 is 1.55 bits per heavy atom. The first-order chi connectivity index (χ1) is 5.15. The first-order valence-corrected chi connectivity index (χ1v) is 4.15. The minimum absolute atomic E-state index is 0.855. The fourth-order valence-corrected chi connectivity index (χ4v) is 1.80. The van der Waals surface area contributed by atoms with Gasteiger partial charge in [0.2, 0.25) is 0 Å². The molecule has 0 atom stereocenters. The highest BCUT2D eigenvalue weighted by atomic mass is 32.1. The largest absolute Gasteiger partial charge is 0.323 e. The van der Waals surface area contributed by atoms with Crippen LogP contribution in [-0.4, -0.2) is 10.7 Å². The topological polar surface area (TPSA) is 51.3 Å². The molecular formula is C7H11N3S. The van der Waals surface area contributed by atoms with Gasteiger partial charge in [-0.2, -0.15) is 5.10 Å². The molecular weight excluding hydrogens is 158 g/mol. The highest BCUT2D eigenvalue weighted by Crippen LogP contribution is 2.17. The lowest BCUT2D eigenvalue weighted by Crippen LogP contribution is -1.97. The van der Waals surface area contributed by atoms with Crippen LogP contribution in [0.15, 0.2) is 5.10 Å². The number of hydrogen-bond acceptors (Lipinski definition) is 4. The van der Waals surface area contributed by atoms with Crippen LogP contribution < -0.4 is 5.84 Å². The van der Waals surface area contributed by atoms with Crippen LogP contribution in [0.5, 0.6) is 0 Å². The molecule has 0 amide bonds. The summed E-state index contributed by atoms with van der Waals surface area (Å²) in [6.45, 7) is 5.83. The van der Waals surface area contributed by atoms with Gasteiger partial charge in [-0.15, -0.1) is 11.3 Å². The van der Waals surface area contributed by atoms with Crippen LogP contribution in [0, 0.1) is 13.8 Å². The molecule has 3 nitrogen and oxygen atoms in total. The highest BCUT2D eigenvalue weighted by molar-refractivity contribution is 7.13. The van der Waals surface area contributed by atoms with E-state index in [1.54, 1.807) is 11.3 Å². The van der Waals surface area contributed by atoms with Crippen LogP contribution in [0.4, 0.5) is 0 Å². The summed E-state index contributed by atoms with van der Waals surface area (Å²) in [6.07, 6.45) is 0. The fourth-order valence-electron chi connectivity index (χ4n) is 0.926. The molecule has 4 heteroatoms. The summed E-state index contributed by atoms with van der Waals surface area (Å²) in [6, 6.07) is 0. The van der Waals surface area contributed by atoms with E-state index in [0.29, 0.717) is 0 Å². The Kier molecular flexibility index (Phi) is 2.24. The Labute approximate surface area is 70.0 Å². The van der Waals surface area contributed by atoms with Gasteiger partial charge in [-0.05, 0) is 20.8 Å². The van der Waals surface area contributed by atoms with E-state index in [0.717, 1.165) is 21.3 Å².